The second-order valence-corrected chi connectivity index (χ2v) is 4.58. The van der Waals surface area contributed by atoms with Crippen molar-refractivity contribution < 1.29 is 4.79 Å². The van der Waals surface area contributed by atoms with Crippen molar-refractivity contribution in [3.05, 3.63) is 46.5 Å². The number of carbonyl (C=O) groups is 1. The molecule has 6 heteroatoms. The first-order valence-corrected chi connectivity index (χ1v) is 6.55. The highest BCUT2D eigenvalue weighted by Crippen LogP contribution is 2.11. The fourth-order valence-corrected chi connectivity index (χ4v) is 2.17. The van der Waals surface area contributed by atoms with Crippen LogP contribution in [-0.2, 0) is 6.54 Å². The molecule has 0 bridgehead atoms. The van der Waals surface area contributed by atoms with E-state index in [0.717, 1.165) is 12.4 Å². The van der Waals surface area contributed by atoms with Crippen LogP contribution in [0, 0.1) is 4.77 Å². The molecule has 0 unspecified atom stereocenters. The topological polar surface area (TPSA) is 62.7 Å². The molecule has 1 aromatic carbocycles. The van der Waals surface area contributed by atoms with Crippen molar-refractivity contribution in [1.82, 2.24) is 20.1 Å². The number of rotatable bonds is 4. The number of aromatic nitrogens is 3. The molecule has 0 spiro atoms. The minimum atomic E-state index is -0.208. The Morgan fingerprint density at radius 3 is 2.79 bits per heavy atom. The van der Waals surface area contributed by atoms with E-state index in [1.165, 1.54) is 0 Å². The minimum absolute atomic E-state index is 0.121. The molecular weight excluding hydrogens is 260 g/mol. The van der Waals surface area contributed by atoms with Crippen LogP contribution in [0.4, 0.5) is 0 Å². The smallest absolute Gasteiger partial charge is 0.251 e. The molecule has 100 valence electrons. The van der Waals surface area contributed by atoms with Crippen molar-refractivity contribution >= 4 is 18.1 Å². The van der Waals surface area contributed by atoms with E-state index >= 15 is 0 Å². The molecule has 1 heterocycles. The molecule has 1 atom stereocenters. The van der Waals surface area contributed by atoms with Crippen molar-refractivity contribution in [2.45, 2.75) is 26.4 Å². The quantitative estimate of drug-likeness (QED) is 0.843. The first-order valence-electron chi connectivity index (χ1n) is 6.14. The Morgan fingerprint density at radius 2 is 2.16 bits per heavy atom. The van der Waals surface area contributed by atoms with Gasteiger partial charge in [0.25, 0.3) is 5.91 Å². The third-order valence-corrected chi connectivity index (χ3v) is 3.19. The summed E-state index contributed by atoms with van der Waals surface area (Å²) in [7, 11) is 0. The van der Waals surface area contributed by atoms with Crippen molar-refractivity contribution in [2.75, 3.05) is 0 Å². The van der Waals surface area contributed by atoms with E-state index in [9.17, 15) is 4.79 Å². The molecule has 1 amide bonds. The van der Waals surface area contributed by atoms with Gasteiger partial charge < -0.3 is 9.88 Å². The van der Waals surface area contributed by atoms with Gasteiger partial charge in [0.05, 0.1) is 6.04 Å². The van der Waals surface area contributed by atoms with E-state index < -0.39 is 0 Å². The van der Waals surface area contributed by atoms with Crippen LogP contribution in [0.2, 0.25) is 0 Å². The zero-order valence-corrected chi connectivity index (χ0v) is 11.7. The lowest BCUT2D eigenvalue weighted by Gasteiger charge is -2.14. The van der Waals surface area contributed by atoms with E-state index in [1.807, 2.05) is 36.6 Å². The number of H-pyrrole nitrogens is 1. The predicted molar refractivity (Wildman–Crippen MR) is 75.4 cm³/mol. The average molecular weight is 276 g/mol. The lowest BCUT2D eigenvalue weighted by Crippen LogP contribution is -2.28. The zero-order valence-electron chi connectivity index (χ0n) is 10.9. The van der Waals surface area contributed by atoms with Crippen LogP contribution in [0.15, 0.2) is 30.3 Å². The summed E-state index contributed by atoms with van der Waals surface area (Å²) in [6, 6.07) is 8.89. The molecule has 0 aliphatic rings. The Bertz CT molecular complexity index is 617. The Balaban J connectivity index is 2.15. The first-order chi connectivity index (χ1) is 9.13. The summed E-state index contributed by atoms with van der Waals surface area (Å²) in [6.07, 6.45) is 0. The second kappa shape index (κ2) is 5.79. The zero-order chi connectivity index (χ0) is 13.8. The second-order valence-electron chi connectivity index (χ2n) is 4.19. The summed E-state index contributed by atoms with van der Waals surface area (Å²) in [5.41, 5.74) is 0.631. The maximum atomic E-state index is 12.1. The van der Waals surface area contributed by atoms with Gasteiger partial charge in [-0.05, 0) is 38.2 Å². The van der Waals surface area contributed by atoms with E-state index in [0.29, 0.717) is 10.3 Å². The van der Waals surface area contributed by atoms with Crippen LogP contribution in [0.3, 0.4) is 0 Å². The van der Waals surface area contributed by atoms with Crippen molar-refractivity contribution in [3.63, 3.8) is 0 Å². The van der Waals surface area contributed by atoms with Gasteiger partial charge in [-0.3, -0.25) is 9.89 Å². The molecule has 19 heavy (non-hydrogen) atoms. The Hall–Kier alpha value is -1.95. The fraction of sp³-hybridized carbons (Fsp3) is 0.308. The molecule has 0 aliphatic carbocycles. The first kappa shape index (κ1) is 13.5. The molecule has 0 saturated heterocycles. The molecule has 1 aromatic heterocycles. The summed E-state index contributed by atoms with van der Waals surface area (Å²) < 4.78 is 2.43. The fourth-order valence-electron chi connectivity index (χ4n) is 1.90. The van der Waals surface area contributed by atoms with E-state index in [2.05, 4.69) is 15.5 Å². The summed E-state index contributed by atoms with van der Waals surface area (Å²) in [5, 5.41) is 9.82. The van der Waals surface area contributed by atoms with Crippen LogP contribution in [0.25, 0.3) is 0 Å². The monoisotopic (exact) mass is 276 g/mol. The number of aromatic amines is 1. The summed E-state index contributed by atoms with van der Waals surface area (Å²) >= 11 is 5.13. The third kappa shape index (κ3) is 2.90. The van der Waals surface area contributed by atoms with Gasteiger partial charge in [-0.2, -0.15) is 5.10 Å². The lowest BCUT2D eigenvalue weighted by molar-refractivity contribution is 0.0937. The molecule has 0 fully saturated rings. The van der Waals surface area contributed by atoms with Gasteiger partial charge in [0.2, 0.25) is 0 Å². The molecule has 2 rings (SSSR count). The van der Waals surface area contributed by atoms with E-state index in [1.54, 1.807) is 12.1 Å². The molecule has 0 radical (unpaired) electrons. The number of nitrogens with zero attached hydrogens (tertiary/aromatic N) is 2. The van der Waals surface area contributed by atoms with Crippen LogP contribution >= 0.6 is 12.2 Å². The van der Waals surface area contributed by atoms with E-state index in [-0.39, 0.29) is 11.9 Å². The van der Waals surface area contributed by atoms with Crippen LogP contribution in [-0.4, -0.2) is 20.7 Å². The number of carbonyl (C=O) groups excluding carboxylic acids is 1. The van der Waals surface area contributed by atoms with Crippen LogP contribution in [0.5, 0.6) is 0 Å². The summed E-state index contributed by atoms with van der Waals surface area (Å²) in [5.74, 6) is 0.612. The Morgan fingerprint density at radius 1 is 1.47 bits per heavy atom. The largest absolute Gasteiger partial charge is 0.342 e. The molecular formula is C13H16N4OS. The van der Waals surface area contributed by atoms with Crippen molar-refractivity contribution in [3.8, 4) is 0 Å². The van der Waals surface area contributed by atoms with Crippen molar-refractivity contribution in [2.24, 2.45) is 0 Å². The maximum Gasteiger partial charge on any atom is 0.251 e. The van der Waals surface area contributed by atoms with Crippen molar-refractivity contribution in [1.29, 1.82) is 0 Å². The number of hydrogen-bond donors (Lipinski definition) is 2. The number of hydrogen-bond acceptors (Lipinski definition) is 3. The van der Waals surface area contributed by atoms with E-state index in [4.69, 9.17) is 12.2 Å². The predicted octanol–water partition coefficient (Wildman–Crippen LogP) is 2.45. The number of nitrogens with one attached hydrogen (secondary N) is 2. The van der Waals surface area contributed by atoms with Crippen LogP contribution < -0.4 is 5.32 Å². The third-order valence-electron chi connectivity index (χ3n) is 2.87. The van der Waals surface area contributed by atoms with Gasteiger partial charge in [-0.15, -0.1) is 0 Å². The molecule has 2 N–H and O–H groups in total. The van der Waals surface area contributed by atoms with Gasteiger partial charge in [0, 0.05) is 12.1 Å². The summed E-state index contributed by atoms with van der Waals surface area (Å²) in [4.78, 5) is 12.1. The highest BCUT2D eigenvalue weighted by molar-refractivity contribution is 7.71. The summed E-state index contributed by atoms with van der Waals surface area (Å²) in [6.45, 7) is 4.59. The normalized spacial score (nSPS) is 12.1. The average Bonchev–Trinajstić information content (AvgIpc) is 2.80. The lowest BCUT2D eigenvalue weighted by atomic mass is 10.2. The number of benzene rings is 1. The van der Waals surface area contributed by atoms with Gasteiger partial charge in [-0.1, -0.05) is 18.2 Å². The molecule has 5 nitrogen and oxygen atoms in total. The Labute approximate surface area is 116 Å². The minimum Gasteiger partial charge on any atom is -0.342 e. The standard InChI is InChI=1S/C13H16N4OS/c1-3-17-11(15-16-13(17)19)9(2)14-12(18)10-7-5-4-6-8-10/h4-9H,3H2,1-2H3,(H,14,18)(H,16,19)/t9-/m0/s1. The molecule has 0 aliphatic heterocycles. The van der Waals surface area contributed by atoms with Gasteiger partial charge in [-0.25, -0.2) is 0 Å². The molecule has 2 aromatic rings. The van der Waals surface area contributed by atoms with Crippen LogP contribution in [0.1, 0.15) is 36.1 Å². The maximum absolute atomic E-state index is 12.1. The SMILES string of the molecule is CCn1c([C@H](C)NC(=O)c2ccccc2)n[nH]c1=S. The van der Waals surface area contributed by atoms with Gasteiger partial charge >= 0.3 is 0 Å². The Kier molecular flexibility index (Phi) is 4.11. The highest BCUT2D eigenvalue weighted by atomic mass is 32.1. The van der Waals surface area contributed by atoms with Gasteiger partial charge in [0.15, 0.2) is 10.6 Å². The van der Waals surface area contributed by atoms with Gasteiger partial charge in [0.1, 0.15) is 0 Å². The highest BCUT2D eigenvalue weighted by Gasteiger charge is 2.16. The number of amides is 1. The molecule has 0 saturated carbocycles.